The quantitative estimate of drug-likeness (QED) is 0.608. The topological polar surface area (TPSA) is 60.4 Å². The lowest BCUT2D eigenvalue weighted by atomic mass is 10.2. The Morgan fingerprint density at radius 3 is 2.58 bits per heavy atom. The van der Waals surface area contributed by atoms with E-state index in [-0.39, 0.29) is 11.5 Å². The number of hydrogen-bond acceptors (Lipinski definition) is 4. The van der Waals surface area contributed by atoms with Crippen LogP contribution in [0.25, 0.3) is 0 Å². The van der Waals surface area contributed by atoms with Crippen LogP contribution < -0.4 is 0 Å². The van der Waals surface area contributed by atoms with Gasteiger partial charge in [-0.15, -0.1) is 0 Å². The van der Waals surface area contributed by atoms with Crippen molar-refractivity contribution in [2.45, 2.75) is 16.6 Å². The zero-order valence-corrected chi connectivity index (χ0v) is 10.9. The number of hydrogen-bond donors (Lipinski definition) is 0. The summed E-state index contributed by atoms with van der Waals surface area (Å²) in [6, 6.07) is 8.22. The number of cyclic esters (lactones) is 1. The van der Waals surface area contributed by atoms with Crippen molar-refractivity contribution in [1.82, 2.24) is 0 Å². The average molecular weight is 276 g/mol. The fourth-order valence-electron chi connectivity index (χ4n) is 2.59. The summed E-state index contributed by atoms with van der Waals surface area (Å²) >= 11 is 0. The Morgan fingerprint density at radius 2 is 1.89 bits per heavy atom. The van der Waals surface area contributed by atoms with Crippen molar-refractivity contribution in [2.24, 2.45) is 0 Å². The molecule has 5 heteroatoms. The third kappa shape index (κ3) is 1.73. The van der Waals surface area contributed by atoms with Gasteiger partial charge in [-0.1, -0.05) is 30.4 Å². The largest absolute Gasteiger partial charge is 0.458 e. The summed E-state index contributed by atoms with van der Waals surface area (Å²) in [7, 11) is -3.56. The van der Waals surface area contributed by atoms with Crippen molar-refractivity contribution in [3.05, 3.63) is 53.6 Å². The molecule has 0 radical (unpaired) electrons. The second kappa shape index (κ2) is 4.06. The Bertz CT molecular complexity index is 698. The van der Waals surface area contributed by atoms with Crippen LogP contribution in [-0.2, 0) is 19.4 Å². The van der Waals surface area contributed by atoms with E-state index in [0.717, 1.165) is 0 Å². The lowest BCUT2D eigenvalue weighted by Crippen LogP contribution is -2.24. The second-order valence-electron chi connectivity index (χ2n) is 4.65. The number of rotatable bonds is 2. The van der Waals surface area contributed by atoms with Gasteiger partial charge in [-0.3, -0.25) is 0 Å². The van der Waals surface area contributed by atoms with Gasteiger partial charge >= 0.3 is 5.97 Å². The summed E-state index contributed by atoms with van der Waals surface area (Å²) in [5.74, 6) is -0.415. The van der Waals surface area contributed by atoms with Crippen LogP contribution in [0.3, 0.4) is 0 Å². The summed E-state index contributed by atoms with van der Waals surface area (Å²) in [4.78, 5) is 11.7. The molecule has 0 fully saturated rings. The van der Waals surface area contributed by atoms with E-state index in [4.69, 9.17) is 4.74 Å². The van der Waals surface area contributed by atoms with Gasteiger partial charge in [0.15, 0.2) is 9.84 Å². The Labute approximate surface area is 111 Å². The Balaban J connectivity index is 2.10. The van der Waals surface area contributed by atoms with Crippen LogP contribution in [0.5, 0.6) is 0 Å². The monoisotopic (exact) mass is 276 g/mol. The third-order valence-corrected chi connectivity index (χ3v) is 5.63. The zero-order chi connectivity index (χ0) is 13.6. The number of ether oxygens (including phenoxy) is 1. The smallest absolute Gasteiger partial charge is 0.334 e. The first-order valence-corrected chi connectivity index (χ1v) is 7.42. The molecule has 0 saturated heterocycles. The van der Waals surface area contributed by atoms with E-state index in [1.54, 1.807) is 30.3 Å². The van der Waals surface area contributed by atoms with E-state index >= 15 is 0 Å². The van der Waals surface area contributed by atoms with Gasteiger partial charge in [0.1, 0.15) is 11.9 Å². The second-order valence-corrected chi connectivity index (χ2v) is 6.69. The molecule has 1 aliphatic heterocycles. The van der Waals surface area contributed by atoms with Crippen molar-refractivity contribution in [1.29, 1.82) is 0 Å². The molecule has 1 atom stereocenters. The van der Waals surface area contributed by atoms with E-state index in [1.165, 1.54) is 0 Å². The number of esters is 1. The van der Waals surface area contributed by atoms with Gasteiger partial charge in [-0.05, 0) is 12.1 Å². The molecule has 0 bridgehead atoms. The van der Waals surface area contributed by atoms with Gasteiger partial charge in [0.25, 0.3) is 0 Å². The van der Waals surface area contributed by atoms with Crippen LogP contribution in [0.2, 0.25) is 0 Å². The van der Waals surface area contributed by atoms with Gasteiger partial charge in [0, 0.05) is 17.6 Å². The van der Waals surface area contributed by atoms with Crippen LogP contribution in [-0.4, -0.2) is 26.2 Å². The normalized spacial score (nSPS) is 22.6. The van der Waals surface area contributed by atoms with E-state index in [2.05, 4.69) is 6.58 Å². The van der Waals surface area contributed by atoms with E-state index in [0.29, 0.717) is 23.1 Å². The molecular formula is C14H12O4S. The maximum atomic E-state index is 12.6. The molecule has 0 spiro atoms. The average Bonchev–Trinajstić information content (AvgIpc) is 2.90. The van der Waals surface area contributed by atoms with Gasteiger partial charge in [-0.25, -0.2) is 13.2 Å². The molecular weight excluding hydrogens is 264 g/mol. The highest BCUT2D eigenvalue weighted by atomic mass is 32.2. The first kappa shape index (κ1) is 12.2. The number of carbonyl (C=O) groups excluding carboxylic acids is 1. The summed E-state index contributed by atoms with van der Waals surface area (Å²) in [5, 5.41) is -0.823. The third-order valence-electron chi connectivity index (χ3n) is 3.47. The van der Waals surface area contributed by atoms with Crippen molar-refractivity contribution >= 4 is 15.8 Å². The van der Waals surface area contributed by atoms with Crippen molar-refractivity contribution < 1.29 is 17.9 Å². The molecule has 0 aromatic heterocycles. The fraction of sp³-hybridized carbons (Fsp3) is 0.214. The van der Waals surface area contributed by atoms with Gasteiger partial charge in [0.05, 0.1) is 4.90 Å². The predicted octanol–water partition coefficient (Wildman–Crippen LogP) is 1.64. The summed E-state index contributed by atoms with van der Waals surface area (Å²) in [5.41, 5.74) is 1.57. The minimum absolute atomic E-state index is 0.0594. The molecule has 0 saturated carbocycles. The highest BCUT2D eigenvalue weighted by Gasteiger charge is 2.44. The van der Waals surface area contributed by atoms with E-state index in [9.17, 15) is 13.2 Å². The van der Waals surface area contributed by atoms with E-state index < -0.39 is 21.1 Å². The van der Waals surface area contributed by atoms with Gasteiger partial charge in [0.2, 0.25) is 0 Å². The van der Waals surface area contributed by atoms with Crippen LogP contribution in [0.4, 0.5) is 0 Å². The van der Waals surface area contributed by atoms with Crippen molar-refractivity contribution in [2.75, 3.05) is 6.61 Å². The molecule has 4 nitrogen and oxygen atoms in total. The van der Waals surface area contributed by atoms with Crippen molar-refractivity contribution in [3.63, 3.8) is 0 Å². The van der Waals surface area contributed by atoms with Crippen LogP contribution in [0.15, 0.2) is 58.5 Å². The molecule has 0 amide bonds. The van der Waals surface area contributed by atoms with Crippen LogP contribution >= 0.6 is 0 Å². The highest BCUT2D eigenvalue weighted by Crippen LogP contribution is 2.41. The van der Waals surface area contributed by atoms with Crippen LogP contribution in [0, 0.1) is 0 Å². The number of sulfone groups is 1. The first-order chi connectivity index (χ1) is 9.01. The summed E-state index contributed by atoms with van der Waals surface area (Å²) in [6.45, 7) is 3.88. The lowest BCUT2D eigenvalue weighted by molar-refractivity contribution is -0.136. The maximum Gasteiger partial charge on any atom is 0.334 e. The zero-order valence-electron chi connectivity index (χ0n) is 10.1. The maximum absolute atomic E-state index is 12.6. The molecule has 1 aromatic carbocycles. The Morgan fingerprint density at radius 1 is 1.21 bits per heavy atom. The Hall–Kier alpha value is -1.88. The van der Waals surface area contributed by atoms with Crippen LogP contribution in [0.1, 0.15) is 6.42 Å². The predicted molar refractivity (Wildman–Crippen MR) is 69.2 cm³/mol. The Kier molecular flexibility index (Phi) is 2.60. The number of carbonyl (C=O) groups is 1. The van der Waals surface area contributed by atoms with Gasteiger partial charge < -0.3 is 4.74 Å². The molecule has 1 heterocycles. The fourth-order valence-corrected chi connectivity index (χ4v) is 4.50. The molecule has 2 aliphatic rings. The van der Waals surface area contributed by atoms with E-state index in [1.807, 2.05) is 0 Å². The molecule has 1 aromatic rings. The number of benzene rings is 1. The molecule has 1 aliphatic carbocycles. The van der Waals surface area contributed by atoms with Crippen molar-refractivity contribution in [3.8, 4) is 0 Å². The highest BCUT2D eigenvalue weighted by molar-refractivity contribution is 7.92. The molecule has 0 N–H and O–H groups in total. The molecule has 1 unspecified atom stereocenters. The summed E-state index contributed by atoms with van der Waals surface area (Å²) in [6.07, 6.45) is 0.297. The standard InChI is InChI=1S/C14H12O4S/c1-9-7-11-12(8-18-14(11)15)13(9)19(16,17)10-5-3-2-4-6-10/h2-6,13H,1,7-8H2. The molecule has 19 heavy (non-hydrogen) atoms. The van der Waals surface area contributed by atoms with Gasteiger partial charge in [-0.2, -0.15) is 0 Å². The summed E-state index contributed by atoms with van der Waals surface area (Å²) < 4.78 is 30.2. The lowest BCUT2D eigenvalue weighted by Gasteiger charge is -2.16. The minimum atomic E-state index is -3.56. The SMILES string of the molecule is C=C1CC2=C(COC2=O)C1S(=O)(=O)c1ccccc1. The molecule has 98 valence electrons. The minimum Gasteiger partial charge on any atom is -0.458 e. The first-order valence-electron chi connectivity index (χ1n) is 5.87. The molecule has 3 rings (SSSR count).